The summed E-state index contributed by atoms with van der Waals surface area (Å²) in [5.41, 5.74) is 9.49. The van der Waals surface area contributed by atoms with Crippen LogP contribution >= 0.6 is 0 Å². The van der Waals surface area contributed by atoms with Gasteiger partial charge >= 0.3 is 12.1 Å². The zero-order valence-electron chi connectivity index (χ0n) is 21.3. The van der Waals surface area contributed by atoms with Crippen LogP contribution in [0.4, 0.5) is 9.59 Å². The maximum atomic E-state index is 13.2. The maximum Gasteiger partial charge on any atom is 0.407 e. The van der Waals surface area contributed by atoms with Crippen LogP contribution in [0, 0.1) is 5.92 Å². The predicted octanol–water partition coefficient (Wildman–Crippen LogP) is 2.33. The van der Waals surface area contributed by atoms with Crippen LogP contribution in [0.15, 0.2) is 48.5 Å². The highest BCUT2D eigenvalue weighted by molar-refractivity contribution is 5.86. The number of carbonyl (C=O) groups is 3. The quantitative estimate of drug-likeness (QED) is 0.195. The number of rotatable bonds is 11. The lowest BCUT2D eigenvalue weighted by molar-refractivity contribution is -0.130. The Hall–Kier alpha value is -3.63. The molecule has 0 radical (unpaired) electrons. The van der Waals surface area contributed by atoms with E-state index in [1.165, 1.54) is 0 Å². The van der Waals surface area contributed by atoms with Crippen LogP contribution in [-0.2, 0) is 9.53 Å². The highest BCUT2D eigenvalue weighted by Gasteiger charge is 2.35. The monoisotopic (exact) mass is 524 g/mol. The molecule has 10 heteroatoms. The van der Waals surface area contributed by atoms with Gasteiger partial charge in [0.2, 0.25) is 5.91 Å². The normalized spacial score (nSPS) is 16.4. The molecule has 4 amide bonds. The van der Waals surface area contributed by atoms with Gasteiger partial charge < -0.3 is 36.6 Å². The number of aliphatic hydroxyl groups is 2. The second kappa shape index (κ2) is 12.7. The Bertz CT molecular complexity index is 1090. The van der Waals surface area contributed by atoms with E-state index in [0.29, 0.717) is 6.42 Å². The van der Waals surface area contributed by atoms with Crippen molar-refractivity contribution >= 4 is 18.0 Å². The first-order valence-corrected chi connectivity index (χ1v) is 13.2. The molecular weight excluding hydrogens is 488 g/mol. The second-order valence-electron chi connectivity index (χ2n) is 9.95. The van der Waals surface area contributed by atoms with E-state index < -0.39 is 36.4 Å². The number of nitrogens with one attached hydrogen (secondary N) is 3. The van der Waals surface area contributed by atoms with Crippen molar-refractivity contribution in [3.63, 3.8) is 0 Å². The molecule has 0 bridgehead atoms. The minimum atomic E-state index is -1.80. The van der Waals surface area contributed by atoms with Gasteiger partial charge in [-0.1, -0.05) is 61.4 Å². The largest absolute Gasteiger partial charge is 0.449 e. The molecule has 2 unspecified atom stereocenters. The molecule has 2 aliphatic carbocycles. The molecule has 0 heterocycles. The summed E-state index contributed by atoms with van der Waals surface area (Å²) in [5.74, 6) is -0.676. The summed E-state index contributed by atoms with van der Waals surface area (Å²) < 4.78 is 5.65. The van der Waals surface area contributed by atoms with Crippen LogP contribution in [0.3, 0.4) is 0 Å². The Balaban J connectivity index is 1.38. The number of nitrogens with two attached hydrogens (primary N) is 1. The highest BCUT2D eigenvalue weighted by Crippen LogP contribution is 2.44. The maximum absolute atomic E-state index is 13.2. The predicted molar refractivity (Wildman–Crippen MR) is 141 cm³/mol. The van der Waals surface area contributed by atoms with Crippen molar-refractivity contribution in [2.75, 3.05) is 13.2 Å². The molecule has 0 aliphatic heterocycles. The van der Waals surface area contributed by atoms with Gasteiger partial charge in [0, 0.05) is 12.5 Å². The summed E-state index contributed by atoms with van der Waals surface area (Å²) >= 11 is 0. The van der Waals surface area contributed by atoms with Crippen LogP contribution in [-0.4, -0.2) is 59.8 Å². The Kier molecular flexibility index (Phi) is 9.19. The molecule has 2 aromatic carbocycles. The van der Waals surface area contributed by atoms with E-state index in [0.717, 1.165) is 47.9 Å². The number of urea groups is 1. The van der Waals surface area contributed by atoms with Crippen LogP contribution in [0.2, 0.25) is 0 Å². The number of carbonyl (C=O) groups excluding carboxylic acids is 3. The molecule has 2 aliphatic rings. The zero-order chi connectivity index (χ0) is 27.1. The average Bonchev–Trinajstić information content (AvgIpc) is 3.54. The SMILES string of the molecule is NC(=O)NCCCC(NC(=O)C(NC(=O)OCC1c2ccccc2-c2ccccc21)C1CCCC1)C(O)O. The number of aliphatic hydroxyl groups excluding tert-OH is 1. The van der Waals surface area contributed by atoms with Gasteiger partial charge in [0.05, 0.1) is 6.04 Å². The number of primary amides is 1. The van der Waals surface area contributed by atoms with Crippen LogP contribution in [0.25, 0.3) is 11.1 Å². The van der Waals surface area contributed by atoms with E-state index in [4.69, 9.17) is 10.5 Å². The molecule has 0 saturated heterocycles. The van der Waals surface area contributed by atoms with E-state index >= 15 is 0 Å². The van der Waals surface area contributed by atoms with E-state index in [1.54, 1.807) is 0 Å². The van der Waals surface area contributed by atoms with E-state index in [1.807, 2.05) is 36.4 Å². The molecule has 4 rings (SSSR count). The van der Waals surface area contributed by atoms with Gasteiger partial charge in [0.25, 0.3) is 0 Å². The number of ether oxygens (including phenoxy) is 1. The minimum Gasteiger partial charge on any atom is -0.449 e. The molecule has 0 spiro atoms. The third-order valence-electron chi connectivity index (χ3n) is 7.45. The minimum absolute atomic E-state index is 0.0801. The topological polar surface area (TPSA) is 163 Å². The molecule has 10 nitrogen and oxygen atoms in total. The van der Waals surface area contributed by atoms with Crippen LogP contribution < -0.4 is 21.7 Å². The zero-order valence-corrected chi connectivity index (χ0v) is 21.3. The number of amides is 4. The first-order valence-electron chi connectivity index (χ1n) is 13.2. The van der Waals surface area contributed by atoms with Gasteiger partial charge in [0.1, 0.15) is 12.6 Å². The molecule has 7 N–H and O–H groups in total. The fraction of sp³-hybridized carbons (Fsp3) is 0.464. The smallest absolute Gasteiger partial charge is 0.407 e. The Labute approximate surface area is 221 Å². The summed E-state index contributed by atoms with van der Waals surface area (Å²) in [6, 6.07) is 13.6. The van der Waals surface area contributed by atoms with Gasteiger partial charge in [-0.2, -0.15) is 0 Å². The van der Waals surface area contributed by atoms with Crippen molar-refractivity contribution in [3.8, 4) is 11.1 Å². The Morgan fingerprint density at radius 1 is 0.947 bits per heavy atom. The molecule has 2 atom stereocenters. The third kappa shape index (κ3) is 6.62. The first kappa shape index (κ1) is 27.4. The molecule has 204 valence electrons. The van der Waals surface area contributed by atoms with Crippen molar-refractivity contribution in [3.05, 3.63) is 59.7 Å². The molecule has 0 aromatic heterocycles. The van der Waals surface area contributed by atoms with Gasteiger partial charge in [-0.25, -0.2) is 9.59 Å². The van der Waals surface area contributed by atoms with Crippen molar-refractivity contribution in [2.45, 2.75) is 62.8 Å². The fourth-order valence-electron chi connectivity index (χ4n) is 5.56. The van der Waals surface area contributed by atoms with Crippen molar-refractivity contribution < 1.29 is 29.3 Å². The Morgan fingerprint density at radius 3 is 2.13 bits per heavy atom. The second-order valence-corrected chi connectivity index (χ2v) is 9.95. The van der Waals surface area contributed by atoms with Crippen LogP contribution in [0.5, 0.6) is 0 Å². The summed E-state index contributed by atoms with van der Waals surface area (Å²) in [5, 5.41) is 27.4. The molecular formula is C28H36N4O6. The van der Waals surface area contributed by atoms with E-state index in [-0.39, 0.29) is 31.4 Å². The lowest BCUT2D eigenvalue weighted by Crippen LogP contribution is -2.55. The van der Waals surface area contributed by atoms with E-state index in [9.17, 15) is 24.6 Å². The number of hydrogen-bond donors (Lipinski definition) is 6. The number of fused-ring (bicyclic) bond motifs is 3. The van der Waals surface area contributed by atoms with Gasteiger partial charge in [-0.05, 0) is 53.9 Å². The fourth-order valence-corrected chi connectivity index (χ4v) is 5.56. The van der Waals surface area contributed by atoms with Crippen LogP contribution in [0.1, 0.15) is 55.6 Å². The standard InChI is InChI=1S/C28H36N4O6/c29-27(36)30-15-7-14-23(26(34)35)31-25(33)24(17-8-1-2-9-17)32-28(37)38-16-22-20-12-5-3-10-18(20)19-11-4-6-13-21(19)22/h3-6,10-13,17,22-24,26,34-35H,1-2,7-9,14-16H2,(H,31,33)(H,32,37)(H3,29,30,36). The van der Waals surface area contributed by atoms with Gasteiger partial charge in [-0.15, -0.1) is 0 Å². The summed E-state index contributed by atoms with van der Waals surface area (Å²) in [7, 11) is 0. The Morgan fingerprint density at radius 2 is 1.55 bits per heavy atom. The molecule has 1 saturated carbocycles. The summed E-state index contributed by atoms with van der Waals surface area (Å²) in [4.78, 5) is 37.0. The lowest BCUT2D eigenvalue weighted by Gasteiger charge is -2.27. The van der Waals surface area contributed by atoms with Gasteiger partial charge in [0.15, 0.2) is 6.29 Å². The molecule has 1 fully saturated rings. The van der Waals surface area contributed by atoms with Gasteiger partial charge in [-0.3, -0.25) is 4.79 Å². The van der Waals surface area contributed by atoms with Crippen molar-refractivity contribution in [2.24, 2.45) is 11.7 Å². The summed E-state index contributed by atoms with van der Waals surface area (Å²) in [6.45, 7) is 0.363. The first-order chi connectivity index (χ1) is 18.3. The molecule has 2 aromatic rings. The van der Waals surface area contributed by atoms with Crippen molar-refractivity contribution in [1.82, 2.24) is 16.0 Å². The number of alkyl carbamates (subject to hydrolysis) is 1. The number of benzene rings is 2. The van der Waals surface area contributed by atoms with Crippen molar-refractivity contribution in [1.29, 1.82) is 0 Å². The number of hydrogen-bond acceptors (Lipinski definition) is 6. The summed E-state index contributed by atoms with van der Waals surface area (Å²) in [6.07, 6.45) is 1.53. The highest BCUT2D eigenvalue weighted by atomic mass is 16.5. The third-order valence-corrected chi connectivity index (χ3v) is 7.45. The van der Waals surface area contributed by atoms with E-state index in [2.05, 4.69) is 28.1 Å². The lowest BCUT2D eigenvalue weighted by atomic mass is 9.96. The average molecular weight is 525 g/mol. The molecule has 38 heavy (non-hydrogen) atoms.